The molecule has 0 fully saturated rings. The van der Waals surface area contributed by atoms with Crippen LogP contribution >= 0.6 is 0 Å². The third kappa shape index (κ3) is 4.87. The topological polar surface area (TPSA) is 40.3 Å². The van der Waals surface area contributed by atoms with Crippen LogP contribution in [-0.4, -0.2) is 36.1 Å². The van der Waals surface area contributed by atoms with Gasteiger partial charge in [0.15, 0.2) is 0 Å². The number of benzene rings is 2. The van der Waals surface area contributed by atoms with E-state index < -0.39 is 0 Å². The second-order valence-corrected chi connectivity index (χ2v) is 6.48. The van der Waals surface area contributed by atoms with Crippen molar-refractivity contribution in [3.05, 3.63) is 65.9 Å². The number of rotatable bonds is 10. The van der Waals surface area contributed by atoms with Gasteiger partial charge in [-0.2, -0.15) is 0 Å². The van der Waals surface area contributed by atoms with Crippen LogP contribution in [-0.2, 0) is 13.1 Å². The van der Waals surface area contributed by atoms with E-state index in [-0.39, 0.29) is 0 Å². The zero-order valence-corrected chi connectivity index (χ0v) is 15.8. The van der Waals surface area contributed by atoms with Gasteiger partial charge in [0, 0.05) is 36.7 Å². The zero-order valence-electron chi connectivity index (χ0n) is 15.8. The molecule has 0 unspecified atom stereocenters. The van der Waals surface area contributed by atoms with Crippen molar-refractivity contribution in [1.82, 2.24) is 15.2 Å². The minimum atomic E-state index is 0.736. The van der Waals surface area contributed by atoms with E-state index in [9.17, 15) is 0 Å². The number of H-pyrrole nitrogens is 1. The van der Waals surface area contributed by atoms with Gasteiger partial charge in [-0.15, -0.1) is 0 Å². The highest BCUT2D eigenvalue weighted by Crippen LogP contribution is 2.17. The van der Waals surface area contributed by atoms with Gasteiger partial charge in [0.2, 0.25) is 0 Å². The fraction of sp³-hybridized carbons (Fsp3) is 0.364. The summed E-state index contributed by atoms with van der Waals surface area (Å²) in [5, 5.41) is 4.82. The first-order valence-electron chi connectivity index (χ1n) is 9.50. The van der Waals surface area contributed by atoms with Crippen molar-refractivity contribution in [3.8, 4) is 5.75 Å². The minimum absolute atomic E-state index is 0.736. The normalized spacial score (nSPS) is 11.3. The Morgan fingerprint density at radius 3 is 2.54 bits per heavy atom. The van der Waals surface area contributed by atoms with Crippen molar-refractivity contribution in [2.45, 2.75) is 26.9 Å². The first kappa shape index (κ1) is 18.5. The van der Waals surface area contributed by atoms with Crippen LogP contribution in [0.5, 0.6) is 5.75 Å². The van der Waals surface area contributed by atoms with Gasteiger partial charge in [-0.05, 0) is 48.5 Å². The van der Waals surface area contributed by atoms with Crippen molar-refractivity contribution in [3.63, 3.8) is 0 Å². The molecule has 1 heterocycles. The van der Waals surface area contributed by atoms with Crippen LogP contribution in [0, 0.1) is 0 Å². The van der Waals surface area contributed by atoms with Gasteiger partial charge in [0.1, 0.15) is 12.4 Å². The summed E-state index contributed by atoms with van der Waals surface area (Å²) in [6.45, 7) is 9.92. The Kier molecular flexibility index (Phi) is 6.69. The van der Waals surface area contributed by atoms with Gasteiger partial charge in [-0.1, -0.05) is 38.1 Å². The summed E-state index contributed by atoms with van der Waals surface area (Å²) < 4.78 is 5.84. The number of ether oxygens (including phenoxy) is 1. The number of aromatic amines is 1. The lowest BCUT2D eigenvalue weighted by atomic mass is 10.1. The van der Waals surface area contributed by atoms with Gasteiger partial charge < -0.3 is 19.9 Å². The molecular formula is C22H29N3O. The Balaban J connectivity index is 1.45. The predicted molar refractivity (Wildman–Crippen MR) is 109 cm³/mol. The molecule has 0 atom stereocenters. The van der Waals surface area contributed by atoms with Crippen LogP contribution in [0.25, 0.3) is 10.9 Å². The molecular weight excluding hydrogens is 322 g/mol. The van der Waals surface area contributed by atoms with Crippen molar-refractivity contribution < 1.29 is 4.74 Å². The van der Waals surface area contributed by atoms with Gasteiger partial charge in [-0.3, -0.25) is 0 Å². The number of aromatic nitrogens is 1. The van der Waals surface area contributed by atoms with Crippen molar-refractivity contribution >= 4 is 10.9 Å². The van der Waals surface area contributed by atoms with E-state index in [2.05, 4.69) is 77.6 Å². The standard InChI is InChI=1S/C22H29N3O/c1-3-25(4-2)14-15-26-20-10-8-18(9-11-20)16-23-17-19-6-5-7-22-21(19)12-13-24-22/h5-13,23-24H,3-4,14-17H2,1-2H3. The average Bonchev–Trinajstić information content (AvgIpc) is 3.16. The maximum Gasteiger partial charge on any atom is 0.119 e. The van der Waals surface area contributed by atoms with Gasteiger partial charge in [-0.25, -0.2) is 0 Å². The number of hydrogen-bond donors (Lipinski definition) is 2. The van der Waals surface area contributed by atoms with Crippen molar-refractivity contribution in [2.75, 3.05) is 26.2 Å². The minimum Gasteiger partial charge on any atom is -0.492 e. The largest absolute Gasteiger partial charge is 0.492 e. The lowest BCUT2D eigenvalue weighted by Crippen LogP contribution is -2.27. The van der Waals surface area contributed by atoms with E-state index in [0.29, 0.717) is 0 Å². The van der Waals surface area contributed by atoms with E-state index in [1.54, 1.807) is 0 Å². The third-order valence-electron chi connectivity index (χ3n) is 4.82. The van der Waals surface area contributed by atoms with Crippen LogP contribution in [0.15, 0.2) is 54.7 Å². The van der Waals surface area contributed by atoms with E-state index >= 15 is 0 Å². The predicted octanol–water partition coefficient (Wildman–Crippen LogP) is 4.18. The maximum atomic E-state index is 5.84. The molecule has 138 valence electrons. The first-order valence-corrected chi connectivity index (χ1v) is 9.50. The van der Waals surface area contributed by atoms with Crippen LogP contribution in [0.1, 0.15) is 25.0 Å². The number of nitrogens with zero attached hydrogens (tertiary/aromatic N) is 1. The highest BCUT2D eigenvalue weighted by Gasteiger charge is 2.02. The summed E-state index contributed by atoms with van der Waals surface area (Å²) in [5.41, 5.74) is 3.78. The molecule has 0 amide bonds. The summed E-state index contributed by atoms with van der Waals surface area (Å²) in [5.74, 6) is 0.943. The van der Waals surface area contributed by atoms with Crippen LogP contribution in [0.4, 0.5) is 0 Å². The number of likely N-dealkylation sites (N-methyl/N-ethyl adjacent to an activating group) is 1. The van der Waals surface area contributed by atoms with Gasteiger partial charge in [0.25, 0.3) is 0 Å². The Labute approximate surface area is 156 Å². The summed E-state index contributed by atoms with van der Waals surface area (Å²) in [6.07, 6.45) is 1.99. The Hall–Kier alpha value is -2.30. The summed E-state index contributed by atoms with van der Waals surface area (Å²) in [4.78, 5) is 5.63. The maximum absolute atomic E-state index is 5.84. The molecule has 1 aromatic heterocycles. The molecule has 0 saturated heterocycles. The quantitative estimate of drug-likeness (QED) is 0.576. The molecule has 0 aliphatic rings. The first-order chi connectivity index (χ1) is 12.8. The molecule has 4 nitrogen and oxygen atoms in total. The Morgan fingerprint density at radius 2 is 1.77 bits per heavy atom. The van der Waals surface area contributed by atoms with Gasteiger partial charge >= 0.3 is 0 Å². The van der Waals surface area contributed by atoms with Gasteiger partial charge in [0.05, 0.1) is 0 Å². The molecule has 0 bridgehead atoms. The van der Waals surface area contributed by atoms with Crippen molar-refractivity contribution in [1.29, 1.82) is 0 Å². The van der Waals surface area contributed by atoms with E-state index in [0.717, 1.165) is 45.1 Å². The monoisotopic (exact) mass is 351 g/mol. The number of fused-ring (bicyclic) bond motifs is 1. The highest BCUT2D eigenvalue weighted by molar-refractivity contribution is 5.82. The molecule has 4 heteroatoms. The summed E-state index contributed by atoms with van der Waals surface area (Å²) in [6, 6.07) is 16.9. The summed E-state index contributed by atoms with van der Waals surface area (Å²) >= 11 is 0. The number of hydrogen-bond acceptors (Lipinski definition) is 3. The summed E-state index contributed by atoms with van der Waals surface area (Å²) in [7, 11) is 0. The molecule has 3 rings (SSSR count). The fourth-order valence-electron chi connectivity index (χ4n) is 3.18. The number of nitrogens with one attached hydrogen (secondary N) is 2. The van der Waals surface area contributed by atoms with E-state index in [1.165, 1.54) is 22.0 Å². The molecule has 0 radical (unpaired) electrons. The van der Waals surface area contributed by atoms with Crippen molar-refractivity contribution in [2.24, 2.45) is 0 Å². The molecule has 26 heavy (non-hydrogen) atoms. The SMILES string of the molecule is CCN(CC)CCOc1ccc(CNCc2cccc3[nH]ccc23)cc1. The molecule has 2 N–H and O–H groups in total. The smallest absolute Gasteiger partial charge is 0.119 e. The third-order valence-corrected chi connectivity index (χ3v) is 4.82. The van der Waals surface area contributed by atoms with Crippen LogP contribution in [0.2, 0.25) is 0 Å². The Bertz CT molecular complexity index is 791. The lowest BCUT2D eigenvalue weighted by molar-refractivity contribution is 0.223. The average molecular weight is 351 g/mol. The second-order valence-electron chi connectivity index (χ2n) is 6.48. The lowest BCUT2D eigenvalue weighted by Gasteiger charge is -2.18. The molecule has 0 saturated carbocycles. The van der Waals surface area contributed by atoms with Crippen LogP contribution < -0.4 is 10.1 Å². The molecule has 2 aromatic carbocycles. The van der Waals surface area contributed by atoms with Crippen LogP contribution in [0.3, 0.4) is 0 Å². The van der Waals surface area contributed by atoms with E-state index in [4.69, 9.17) is 4.74 Å². The molecule has 0 aliphatic carbocycles. The van der Waals surface area contributed by atoms with E-state index in [1.807, 2.05) is 6.20 Å². The fourth-order valence-corrected chi connectivity index (χ4v) is 3.18. The Morgan fingerprint density at radius 1 is 0.962 bits per heavy atom. The highest BCUT2D eigenvalue weighted by atomic mass is 16.5. The second kappa shape index (κ2) is 9.41. The molecule has 0 aliphatic heterocycles. The molecule has 3 aromatic rings. The molecule has 0 spiro atoms. The zero-order chi connectivity index (χ0) is 18.2.